The predicted molar refractivity (Wildman–Crippen MR) is 92.4 cm³/mol. The molecule has 1 saturated heterocycles. The average molecular weight is 326 g/mol. The van der Waals surface area contributed by atoms with E-state index in [0.717, 1.165) is 42.9 Å². The van der Waals surface area contributed by atoms with Crippen molar-refractivity contribution in [2.75, 3.05) is 25.5 Å². The standard InChI is InChI=1S/C18H22N4O2/c1-12-9-21-17(11-20-12)22-18(23)14-3-4-16(24-2)15(8-14)7-13-5-6-19-10-13/h3-4,8-9,11,13,19H,5-7,10H2,1-2H3,(H,21,22,23). The first kappa shape index (κ1) is 16.4. The summed E-state index contributed by atoms with van der Waals surface area (Å²) >= 11 is 0. The third-order valence-corrected chi connectivity index (χ3v) is 4.24. The highest BCUT2D eigenvalue weighted by atomic mass is 16.5. The van der Waals surface area contributed by atoms with E-state index in [4.69, 9.17) is 4.74 Å². The molecule has 0 aliphatic carbocycles. The van der Waals surface area contributed by atoms with Gasteiger partial charge in [0.05, 0.1) is 25.2 Å². The molecule has 1 aliphatic rings. The summed E-state index contributed by atoms with van der Waals surface area (Å²) in [6.45, 7) is 3.92. The summed E-state index contributed by atoms with van der Waals surface area (Å²) in [5.74, 6) is 1.67. The van der Waals surface area contributed by atoms with Gasteiger partial charge in [-0.15, -0.1) is 0 Å². The lowest BCUT2D eigenvalue weighted by atomic mass is 9.96. The van der Waals surface area contributed by atoms with Crippen LogP contribution in [-0.4, -0.2) is 36.1 Å². The molecule has 1 amide bonds. The van der Waals surface area contributed by atoms with E-state index in [1.807, 2.05) is 19.1 Å². The number of hydrogen-bond donors (Lipinski definition) is 2. The maximum absolute atomic E-state index is 12.5. The van der Waals surface area contributed by atoms with Gasteiger partial charge in [0.2, 0.25) is 0 Å². The van der Waals surface area contributed by atoms with Gasteiger partial charge in [0.15, 0.2) is 5.82 Å². The number of methoxy groups -OCH3 is 1. The number of carbonyl (C=O) groups excluding carboxylic acids is 1. The minimum atomic E-state index is -0.193. The molecule has 0 saturated carbocycles. The van der Waals surface area contributed by atoms with Crippen molar-refractivity contribution in [2.24, 2.45) is 5.92 Å². The topological polar surface area (TPSA) is 76.1 Å². The van der Waals surface area contributed by atoms with Gasteiger partial charge in [-0.25, -0.2) is 4.98 Å². The van der Waals surface area contributed by atoms with Crippen LogP contribution in [0.4, 0.5) is 5.82 Å². The number of nitrogens with zero attached hydrogens (tertiary/aromatic N) is 2. The molecule has 6 nitrogen and oxygen atoms in total. The van der Waals surface area contributed by atoms with Crippen LogP contribution in [0, 0.1) is 12.8 Å². The first-order valence-corrected chi connectivity index (χ1v) is 8.13. The van der Waals surface area contributed by atoms with Gasteiger partial charge >= 0.3 is 0 Å². The van der Waals surface area contributed by atoms with Gasteiger partial charge < -0.3 is 15.4 Å². The molecule has 1 aromatic carbocycles. The first-order valence-electron chi connectivity index (χ1n) is 8.13. The number of aryl methyl sites for hydroxylation is 1. The molecule has 1 fully saturated rings. The number of carbonyl (C=O) groups is 1. The van der Waals surface area contributed by atoms with Gasteiger partial charge in [-0.2, -0.15) is 0 Å². The fraction of sp³-hybridized carbons (Fsp3) is 0.389. The van der Waals surface area contributed by atoms with E-state index in [0.29, 0.717) is 17.3 Å². The van der Waals surface area contributed by atoms with Crippen LogP contribution in [0.15, 0.2) is 30.6 Å². The van der Waals surface area contributed by atoms with Gasteiger partial charge in [0.1, 0.15) is 5.75 Å². The number of aromatic nitrogens is 2. The van der Waals surface area contributed by atoms with Crippen molar-refractivity contribution in [3.05, 3.63) is 47.4 Å². The minimum absolute atomic E-state index is 0.193. The van der Waals surface area contributed by atoms with Crippen LogP contribution in [0.2, 0.25) is 0 Å². The molecule has 3 rings (SSSR count). The van der Waals surface area contributed by atoms with E-state index < -0.39 is 0 Å². The van der Waals surface area contributed by atoms with Crippen LogP contribution in [0.25, 0.3) is 0 Å². The van der Waals surface area contributed by atoms with E-state index in [1.165, 1.54) is 0 Å². The molecular formula is C18H22N4O2. The summed E-state index contributed by atoms with van der Waals surface area (Å²) in [4.78, 5) is 20.7. The highest BCUT2D eigenvalue weighted by molar-refractivity contribution is 6.03. The highest BCUT2D eigenvalue weighted by Crippen LogP contribution is 2.25. The van der Waals surface area contributed by atoms with Crippen LogP contribution in [0.3, 0.4) is 0 Å². The molecule has 24 heavy (non-hydrogen) atoms. The average Bonchev–Trinajstić information content (AvgIpc) is 3.10. The van der Waals surface area contributed by atoms with E-state index in [2.05, 4.69) is 20.6 Å². The zero-order chi connectivity index (χ0) is 16.9. The molecule has 0 spiro atoms. The van der Waals surface area contributed by atoms with Crippen molar-refractivity contribution in [1.29, 1.82) is 0 Å². The number of ether oxygens (including phenoxy) is 1. The van der Waals surface area contributed by atoms with Crippen LogP contribution in [0.5, 0.6) is 5.75 Å². The number of rotatable bonds is 5. The summed E-state index contributed by atoms with van der Waals surface area (Å²) in [7, 11) is 1.66. The van der Waals surface area contributed by atoms with Crippen molar-refractivity contribution >= 4 is 11.7 Å². The Hall–Kier alpha value is -2.47. The zero-order valence-electron chi connectivity index (χ0n) is 14.0. The summed E-state index contributed by atoms with van der Waals surface area (Å²) in [5.41, 5.74) is 2.47. The second-order valence-electron chi connectivity index (χ2n) is 6.09. The van der Waals surface area contributed by atoms with Crippen molar-refractivity contribution in [3.8, 4) is 5.75 Å². The Morgan fingerprint density at radius 1 is 1.38 bits per heavy atom. The number of benzene rings is 1. The van der Waals surface area contributed by atoms with Gasteiger partial charge in [-0.05, 0) is 62.5 Å². The van der Waals surface area contributed by atoms with Crippen molar-refractivity contribution in [2.45, 2.75) is 19.8 Å². The van der Waals surface area contributed by atoms with E-state index in [1.54, 1.807) is 25.6 Å². The lowest BCUT2D eigenvalue weighted by Crippen LogP contribution is -2.15. The fourth-order valence-corrected chi connectivity index (χ4v) is 2.92. The summed E-state index contributed by atoms with van der Waals surface area (Å²) in [6, 6.07) is 5.54. The number of nitrogens with one attached hydrogen (secondary N) is 2. The van der Waals surface area contributed by atoms with Crippen LogP contribution in [-0.2, 0) is 6.42 Å². The molecule has 1 unspecified atom stereocenters. The fourth-order valence-electron chi connectivity index (χ4n) is 2.92. The Balaban J connectivity index is 1.76. The highest BCUT2D eigenvalue weighted by Gasteiger charge is 2.18. The Morgan fingerprint density at radius 2 is 2.25 bits per heavy atom. The molecule has 2 aromatic rings. The molecule has 1 aliphatic heterocycles. The molecule has 1 atom stereocenters. The number of hydrogen-bond acceptors (Lipinski definition) is 5. The van der Waals surface area contributed by atoms with Crippen LogP contribution >= 0.6 is 0 Å². The second-order valence-corrected chi connectivity index (χ2v) is 6.09. The third kappa shape index (κ3) is 3.89. The summed E-state index contributed by atoms with van der Waals surface area (Å²) < 4.78 is 5.45. The SMILES string of the molecule is COc1ccc(C(=O)Nc2cnc(C)cn2)cc1CC1CCNC1. The molecule has 1 aromatic heterocycles. The van der Waals surface area contributed by atoms with E-state index in [-0.39, 0.29) is 5.91 Å². The number of amides is 1. The quantitative estimate of drug-likeness (QED) is 0.881. The molecule has 2 N–H and O–H groups in total. The Bertz CT molecular complexity index is 709. The maximum Gasteiger partial charge on any atom is 0.256 e. The normalized spacial score (nSPS) is 16.8. The van der Waals surface area contributed by atoms with Crippen molar-refractivity contribution in [1.82, 2.24) is 15.3 Å². The zero-order valence-corrected chi connectivity index (χ0v) is 14.0. The van der Waals surface area contributed by atoms with Crippen LogP contribution in [0.1, 0.15) is 28.0 Å². The lowest BCUT2D eigenvalue weighted by Gasteiger charge is -2.14. The second kappa shape index (κ2) is 7.40. The Labute approximate surface area is 141 Å². The molecule has 6 heteroatoms. The van der Waals surface area contributed by atoms with E-state index in [9.17, 15) is 4.79 Å². The predicted octanol–water partition coefficient (Wildman–Crippen LogP) is 2.20. The summed E-state index contributed by atoms with van der Waals surface area (Å²) in [6.07, 6.45) is 5.24. The minimum Gasteiger partial charge on any atom is -0.496 e. The Morgan fingerprint density at radius 3 is 2.92 bits per heavy atom. The van der Waals surface area contributed by atoms with Crippen LogP contribution < -0.4 is 15.4 Å². The van der Waals surface area contributed by atoms with Gasteiger partial charge in [0, 0.05) is 5.56 Å². The molecular weight excluding hydrogens is 304 g/mol. The smallest absolute Gasteiger partial charge is 0.256 e. The summed E-state index contributed by atoms with van der Waals surface area (Å²) in [5, 5.41) is 6.15. The van der Waals surface area contributed by atoms with Crippen molar-refractivity contribution in [3.63, 3.8) is 0 Å². The molecule has 2 heterocycles. The van der Waals surface area contributed by atoms with E-state index >= 15 is 0 Å². The van der Waals surface area contributed by atoms with Gasteiger partial charge in [0.25, 0.3) is 5.91 Å². The Kier molecular flexibility index (Phi) is 5.05. The third-order valence-electron chi connectivity index (χ3n) is 4.24. The lowest BCUT2D eigenvalue weighted by molar-refractivity contribution is 0.102. The molecule has 0 radical (unpaired) electrons. The van der Waals surface area contributed by atoms with Gasteiger partial charge in [-0.1, -0.05) is 0 Å². The molecule has 0 bridgehead atoms. The number of anilines is 1. The largest absolute Gasteiger partial charge is 0.496 e. The maximum atomic E-state index is 12.5. The monoisotopic (exact) mass is 326 g/mol. The van der Waals surface area contributed by atoms with Gasteiger partial charge in [-0.3, -0.25) is 9.78 Å². The van der Waals surface area contributed by atoms with Crippen molar-refractivity contribution < 1.29 is 9.53 Å². The first-order chi connectivity index (χ1) is 11.7. The molecule has 126 valence electrons.